The molecule has 0 aliphatic carbocycles. The summed E-state index contributed by atoms with van der Waals surface area (Å²) in [5.74, 6) is 0. The molecule has 2 amide bonds. The van der Waals surface area contributed by atoms with Crippen LogP contribution in [0.4, 0.5) is 4.79 Å². The molecule has 0 heterocycles. The van der Waals surface area contributed by atoms with E-state index in [9.17, 15) is 13.2 Å². The third-order valence-electron chi connectivity index (χ3n) is 0.655. The number of nitrogens with one attached hydrogen (secondary N) is 2. The van der Waals surface area contributed by atoms with Crippen molar-refractivity contribution in [1.29, 1.82) is 0 Å². The summed E-state index contributed by atoms with van der Waals surface area (Å²) in [6.45, 7) is 3.39. The van der Waals surface area contributed by atoms with Gasteiger partial charge in [-0.05, 0) is 13.8 Å². The first kappa shape index (κ1) is 10.2. The van der Waals surface area contributed by atoms with Crippen LogP contribution >= 0.6 is 0 Å². The van der Waals surface area contributed by atoms with Crippen LogP contribution in [-0.4, -0.2) is 20.5 Å². The number of amides is 2. The smallest absolute Gasteiger partial charge is 0.329 e. The van der Waals surface area contributed by atoms with Gasteiger partial charge in [0.2, 0.25) is 0 Å². The highest BCUT2D eigenvalue weighted by molar-refractivity contribution is 7.87. The molecule has 0 aliphatic rings. The zero-order valence-electron chi connectivity index (χ0n) is 6.29. The van der Waals surface area contributed by atoms with Crippen molar-refractivity contribution in [2.24, 2.45) is 5.14 Å². The summed E-state index contributed by atoms with van der Waals surface area (Å²) in [6.07, 6.45) is 0. The predicted octanol–water partition coefficient (Wildman–Crippen LogP) is -1.10. The van der Waals surface area contributed by atoms with Crippen molar-refractivity contribution in [2.45, 2.75) is 19.9 Å². The van der Waals surface area contributed by atoms with Crippen molar-refractivity contribution in [3.63, 3.8) is 0 Å². The van der Waals surface area contributed by atoms with E-state index in [1.54, 1.807) is 18.6 Å². The van der Waals surface area contributed by atoms with E-state index in [4.69, 9.17) is 0 Å². The molecule has 66 valence electrons. The monoisotopic (exact) mass is 181 g/mol. The second-order valence-electron chi connectivity index (χ2n) is 2.28. The van der Waals surface area contributed by atoms with E-state index in [-0.39, 0.29) is 6.04 Å². The Balaban J connectivity index is 3.91. The standard InChI is InChI=1S/C4H11N3O3S/c1-3(2)6-4(8)7-11(5,9)10/h3H,1-2H3,(H2,5,9,10)(H2,6,7,8). The van der Waals surface area contributed by atoms with E-state index in [2.05, 4.69) is 10.5 Å². The van der Waals surface area contributed by atoms with Crippen molar-refractivity contribution in [2.75, 3.05) is 0 Å². The fourth-order valence-electron chi connectivity index (χ4n) is 0.421. The minimum Gasteiger partial charge on any atom is -0.335 e. The highest BCUT2D eigenvalue weighted by Crippen LogP contribution is 1.76. The van der Waals surface area contributed by atoms with Gasteiger partial charge in [0.15, 0.2) is 0 Å². The summed E-state index contributed by atoms with van der Waals surface area (Å²) in [5.41, 5.74) is 0. The molecule has 0 aromatic rings. The van der Waals surface area contributed by atoms with Gasteiger partial charge >= 0.3 is 6.03 Å². The molecule has 0 saturated carbocycles. The first-order valence-electron chi connectivity index (χ1n) is 2.92. The lowest BCUT2D eigenvalue weighted by Gasteiger charge is -2.07. The second-order valence-corrected chi connectivity index (χ2v) is 3.57. The fourth-order valence-corrected chi connectivity index (χ4v) is 0.738. The van der Waals surface area contributed by atoms with Gasteiger partial charge in [-0.3, -0.25) is 0 Å². The Hall–Kier alpha value is -0.820. The molecule has 0 aromatic carbocycles. The average Bonchev–Trinajstić information content (AvgIpc) is 1.53. The summed E-state index contributed by atoms with van der Waals surface area (Å²) < 4.78 is 22.0. The number of nitrogens with two attached hydrogens (primary N) is 1. The maximum Gasteiger partial charge on any atom is 0.329 e. The van der Waals surface area contributed by atoms with Crippen LogP contribution in [-0.2, 0) is 10.2 Å². The van der Waals surface area contributed by atoms with Crippen LogP contribution in [0.15, 0.2) is 0 Å². The molecule has 11 heavy (non-hydrogen) atoms. The Morgan fingerprint density at radius 2 is 1.91 bits per heavy atom. The largest absolute Gasteiger partial charge is 0.335 e. The molecule has 0 aromatic heterocycles. The highest BCUT2D eigenvalue weighted by Gasteiger charge is 2.08. The van der Waals surface area contributed by atoms with Crippen molar-refractivity contribution in [3.05, 3.63) is 0 Å². The molecule has 0 spiro atoms. The SMILES string of the molecule is CC(C)NC(=O)NS(N)(=O)=O. The van der Waals surface area contributed by atoms with Gasteiger partial charge in [-0.15, -0.1) is 0 Å². The zero-order valence-corrected chi connectivity index (χ0v) is 7.10. The molecule has 0 rings (SSSR count). The molecule has 0 saturated heterocycles. The van der Waals surface area contributed by atoms with Crippen LogP contribution in [0.3, 0.4) is 0 Å². The summed E-state index contributed by atoms with van der Waals surface area (Å²) >= 11 is 0. The maximum absolute atomic E-state index is 10.6. The van der Waals surface area contributed by atoms with Gasteiger partial charge in [-0.25, -0.2) is 14.7 Å². The van der Waals surface area contributed by atoms with E-state index in [1.807, 2.05) is 0 Å². The van der Waals surface area contributed by atoms with Crippen LogP contribution in [0, 0.1) is 0 Å². The normalized spacial score (nSPS) is 11.3. The number of urea groups is 1. The molecule has 0 fully saturated rings. The number of hydrogen-bond acceptors (Lipinski definition) is 3. The molecular formula is C4H11N3O3S. The van der Waals surface area contributed by atoms with Crippen LogP contribution in [0.1, 0.15) is 13.8 Å². The van der Waals surface area contributed by atoms with E-state index in [0.717, 1.165) is 0 Å². The summed E-state index contributed by atoms with van der Waals surface area (Å²) in [4.78, 5) is 10.6. The molecule has 0 unspecified atom stereocenters. The Kier molecular flexibility index (Phi) is 3.27. The molecular weight excluding hydrogens is 170 g/mol. The minimum atomic E-state index is -3.93. The van der Waals surface area contributed by atoms with E-state index < -0.39 is 16.2 Å². The molecule has 4 N–H and O–H groups in total. The first-order valence-corrected chi connectivity index (χ1v) is 4.47. The predicted molar refractivity (Wildman–Crippen MR) is 39.9 cm³/mol. The lowest BCUT2D eigenvalue weighted by molar-refractivity contribution is 0.243. The number of rotatable bonds is 2. The minimum absolute atomic E-state index is 0.128. The Bertz CT molecular complexity index is 233. The van der Waals surface area contributed by atoms with Gasteiger partial charge in [0, 0.05) is 6.04 Å². The molecule has 0 radical (unpaired) electrons. The highest BCUT2D eigenvalue weighted by atomic mass is 32.2. The van der Waals surface area contributed by atoms with Crippen molar-refractivity contribution in [3.8, 4) is 0 Å². The summed E-state index contributed by atoms with van der Waals surface area (Å²) in [6, 6.07) is -0.945. The van der Waals surface area contributed by atoms with Gasteiger partial charge in [-0.2, -0.15) is 8.42 Å². The molecule has 0 atom stereocenters. The Morgan fingerprint density at radius 3 is 2.18 bits per heavy atom. The Morgan fingerprint density at radius 1 is 1.45 bits per heavy atom. The second kappa shape index (κ2) is 3.54. The van der Waals surface area contributed by atoms with E-state index in [0.29, 0.717) is 0 Å². The van der Waals surface area contributed by atoms with E-state index in [1.165, 1.54) is 0 Å². The fraction of sp³-hybridized carbons (Fsp3) is 0.750. The van der Waals surface area contributed by atoms with Crippen LogP contribution in [0.25, 0.3) is 0 Å². The summed E-state index contributed by atoms with van der Waals surface area (Å²) in [7, 11) is -3.93. The quantitative estimate of drug-likeness (QED) is 0.503. The van der Waals surface area contributed by atoms with Gasteiger partial charge < -0.3 is 5.32 Å². The Labute approximate surface area is 65.3 Å². The summed E-state index contributed by atoms with van der Waals surface area (Å²) in [5, 5.41) is 6.80. The number of carbonyl (C=O) groups is 1. The molecule has 7 heteroatoms. The number of hydrogen-bond donors (Lipinski definition) is 3. The lowest BCUT2D eigenvalue weighted by Crippen LogP contribution is -2.45. The van der Waals surface area contributed by atoms with Crippen molar-refractivity contribution in [1.82, 2.24) is 10.0 Å². The third kappa shape index (κ3) is 7.07. The number of carbonyl (C=O) groups excluding carboxylic acids is 1. The molecule has 0 aliphatic heterocycles. The molecule has 6 nitrogen and oxygen atoms in total. The lowest BCUT2D eigenvalue weighted by atomic mass is 10.4. The van der Waals surface area contributed by atoms with Gasteiger partial charge in [-0.1, -0.05) is 0 Å². The van der Waals surface area contributed by atoms with Crippen molar-refractivity contribution >= 4 is 16.2 Å². The maximum atomic E-state index is 10.6. The first-order chi connectivity index (χ1) is 4.81. The van der Waals surface area contributed by atoms with Crippen LogP contribution < -0.4 is 15.2 Å². The van der Waals surface area contributed by atoms with Gasteiger partial charge in [0.05, 0.1) is 0 Å². The van der Waals surface area contributed by atoms with Crippen LogP contribution in [0.5, 0.6) is 0 Å². The van der Waals surface area contributed by atoms with Crippen molar-refractivity contribution < 1.29 is 13.2 Å². The topological polar surface area (TPSA) is 101 Å². The average molecular weight is 181 g/mol. The molecule has 0 bridgehead atoms. The van der Waals surface area contributed by atoms with Gasteiger partial charge in [0.1, 0.15) is 0 Å². The van der Waals surface area contributed by atoms with Crippen LogP contribution in [0.2, 0.25) is 0 Å². The zero-order chi connectivity index (χ0) is 9.07. The third-order valence-corrected chi connectivity index (χ3v) is 1.12. The van der Waals surface area contributed by atoms with E-state index >= 15 is 0 Å². The van der Waals surface area contributed by atoms with Gasteiger partial charge in [0.25, 0.3) is 10.2 Å².